The van der Waals surface area contributed by atoms with E-state index in [1.807, 2.05) is 11.3 Å². The lowest BCUT2D eigenvalue weighted by Gasteiger charge is -2.58. The van der Waals surface area contributed by atoms with Crippen molar-refractivity contribution >= 4 is 11.3 Å². The molecule has 1 spiro atoms. The first-order valence-corrected chi connectivity index (χ1v) is 8.86. The molecule has 0 aliphatic heterocycles. The van der Waals surface area contributed by atoms with Crippen LogP contribution in [0.4, 0.5) is 0 Å². The summed E-state index contributed by atoms with van der Waals surface area (Å²) < 4.78 is 0. The summed E-state index contributed by atoms with van der Waals surface area (Å²) in [5.74, 6) is 1.20. The van der Waals surface area contributed by atoms with E-state index in [1.54, 1.807) is 33.4 Å². The summed E-state index contributed by atoms with van der Waals surface area (Å²) in [6.07, 6.45) is 0. The highest BCUT2D eigenvalue weighted by Crippen LogP contribution is 2.78. The monoisotopic (exact) mass is 300 g/mol. The predicted molar refractivity (Wildman–Crippen MR) is 91.1 cm³/mol. The van der Waals surface area contributed by atoms with E-state index in [-0.39, 0.29) is 5.41 Å². The van der Waals surface area contributed by atoms with Crippen LogP contribution in [0.5, 0.6) is 0 Å². The highest BCUT2D eigenvalue weighted by molar-refractivity contribution is 7.12. The molecular weight excluding hydrogens is 284 g/mol. The third kappa shape index (κ3) is 0.919. The van der Waals surface area contributed by atoms with Gasteiger partial charge in [-0.2, -0.15) is 0 Å². The van der Waals surface area contributed by atoms with Gasteiger partial charge in [-0.15, -0.1) is 11.3 Å². The standard InChI is InChI=1S/C21H16S/c1-11-17-18(12(2)22-11)20-14-8-4-6-10-16(14)21(20)15-9-5-3-7-13(15)19(17)21/h3-10,19-20H,1-2H3. The normalized spacial score (nSPS) is 28.6. The van der Waals surface area contributed by atoms with E-state index in [4.69, 9.17) is 0 Å². The third-order valence-corrected chi connectivity index (χ3v) is 7.33. The van der Waals surface area contributed by atoms with Crippen LogP contribution in [0.3, 0.4) is 0 Å². The van der Waals surface area contributed by atoms with Crippen LogP contribution < -0.4 is 0 Å². The molecule has 1 heteroatoms. The van der Waals surface area contributed by atoms with Gasteiger partial charge in [-0.25, -0.2) is 0 Å². The maximum Gasteiger partial charge on any atom is 0.0427 e. The van der Waals surface area contributed by atoms with Crippen LogP contribution in [0.25, 0.3) is 0 Å². The van der Waals surface area contributed by atoms with Gasteiger partial charge < -0.3 is 0 Å². The number of benzene rings is 2. The van der Waals surface area contributed by atoms with Crippen molar-refractivity contribution < 1.29 is 0 Å². The van der Waals surface area contributed by atoms with Crippen LogP contribution in [-0.2, 0) is 5.41 Å². The van der Waals surface area contributed by atoms with Gasteiger partial charge in [0.1, 0.15) is 0 Å². The van der Waals surface area contributed by atoms with E-state index in [2.05, 4.69) is 62.4 Å². The Hall–Kier alpha value is -1.86. The maximum absolute atomic E-state index is 2.37. The van der Waals surface area contributed by atoms with Crippen LogP contribution in [0.2, 0.25) is 0 Å². The molecule has 0 fully saturated rings. The largest absolute Gasteiger partial charge is 0.145 e. The van der Waals surface area contributed by atoms with Gasteiger partial charge in [0.2, 0.25) is 0 Å². The van der Waals surface area contributed by atoms with Crippen molar-refractivity contribution in [2.45, 2.75) is 31.1 Å². The van der Waals surface area contributed by atoms with Crippen LogP contribution in [0.15, 0.2) is 48.5 Å². The molecule has 3 aromatic rings. The van der Waals surface area contributed by atoms with Gasteiger partial charge in [-0.05, 0) is 47.2 Å². The lowest BCUT2D eigenvalue weighted by Crippen LogP contribution is -2.52. The smallest absolute Gasteiger partial charge is 0.0427 e. The summed E-state index contributed by atoms with van der Waals surface area (Å²) in [6.45, 7) is 4.64. The van der Waals surface area contributed by atoms with Crippen molar-refractivity contribution in [3.05, 3.63) is 91.7 Å². The first kappa shape index (κ1) is 11.7. The van der Waals surface area contributed by atoms with Gasteiger partial charge in [0.05, 0.1) is 0 Å². The molecule has 1 heterocycles. The van der Waals surface area contributed by atoms with Crippen molar-refractivity contribution in [2.75, 3.05) is 0 Å². The van der Waals surface area contributed by atoms with Gasteiger partial charge in [0.25, 0.3) is 0 Å². The van der Waals surface area contributed by atoms with Crippen molar-refractivity contribution in [1.82, 2.24) is 0 Å². The van der Waals surface area contributed by atoms with Crippen molar-refractivity contribution in [3.63, 3.8) is 0 Å². The molecule has 3 aliphatic rings. The SMILES string of the molecule is Cc1sc(C)c2c1C1c3ccccc3C13c1ccccc1C23. The second-order valence-electron chi connectivity index (χ2n) is 6.95. The average Bonchev–Trinajstić information content (AvgIpc) is 2.90. The Morgan fingerprint density at radius 1 is 0.727 bits per heavy atom. The zero-order valence-corrected chi connectivity index (χ0v) is 13.5. The molecule has 2 atom stereocenters. The highest BCUT2D eigenvalue weighted by Gasteiger charge is 2.70. The van der Waals surface area contributed by atoms with Gasteiger partial charge in [0.15, 0.2) is 0 Å². The number of thiophene rings is 1. The quantitative estimate of drug-likeness (QED) is 0.531. The second-order valence-corrected chi connectivity index (χ2v) is 8.38. The molecule has 0 amide bonds. The van der Waals surface area contributed by atoms with E-state index in [0.717, 1.165) is 0 Å². The summed E-state index contributed by atoms with van der Waals surface area (Å²) in [5.41, 5.74) is 9.89. The molecule has 106 valence electrons. The number of fused-ring (bicyclic) bond motifs is 7. The molecule has 22 heavy (non-hydrogen) atoms. The topological polar surface area (TPSA) is 0 Å². The Balaban J connectivity index is 1.78. The Morgan fingerprint density at radius 3 is 1.68 bits per heavy atom. The summed E-state index contributed by atoms with van der Waals surface area (Å²) >= 11 is 2.00. The van der Waals surface area contributed by atoms with Crippen LogP contribution >= 0.6 is 11.3 Å². The van der Waals surface area contributed by atoms with Crippen molar-refractivity contribution in [1.29, 1.82) is 0 Å². The number of aryl methyl sites for hydroxylation is 2. The lowest BCUT2D eigenvalue weighted by molar-refractivity contribution is 0.332. The van der Waals surface area contributed by atoms with Crippen LogP contribution in [0.1, 0.15) is 55.0 Å². The molecule has 0 saturated carbocycles. The molecule has 1 aromatic heterocycles. The fraction of sp³-hybridized carbons (Fsp3) is 0.238. The fourth-order valence-electron chi connectivity index (χ4n) is 5.72. The van der Waals surface area contributed by atoms with Crippen LogP contribution in [0, 0.1) is 13.8 Å². The van der Waals surface area contributed by atoms with E-state index in [1.165, 1.54) is 9.75 Å². The fourth-order valence-corrected chi connectivity index (χ4v) is 6.86. The number of hydrogen-bond donors (Lipinski definition) is 0. The van der Waals surface area contributed by atoms with E-state index < -0.39 is 0 Å². The summed E-state index contributed by atoms with van der Waals surface area (Å²) in [6, 6.07) is 18.3. The Labute approximate surface area is 134 Å². The Kier molecular flexibility index (Phi) is 1.80. The maximum atomic E-state index is 2.37. The summed E-state index contributed by atoms with van der Waals surface area (Å²) in [5, 5.41) is 0. The van der Waals surface area contributed by atoms with Crippen LogP contribution in [-0.4, -0.2) is 0 Å². The first-order valence-electron chi connectivity index (χ1n) is 8.04. The molecule has 2 aromatic carbocycles. The highest BCUT2D eigenvalue weighted by atomic mass is 32.1. The minimum Gasteiger partial charge on any atom is -0.145 e. The second kappa shape index (κ2) is 3.38. The molecule has 3 aliphatic carbocycles. The Bertz CT molecular complexity index is 897. The zero-order chi connectivity index (χ0) is 14.6. The minimum atomic E-state index is 0.265. The molecule has 0 N–H and O–H groups in total. The molecule has 0 bridgehead atoms. The molecule has 6 rings (SSSR count). The van der Waals surface area contributed by atoms with E-state index in [9.17, 15) is 0 Å². The Morgan fingerprint density at radius 2 is 1.18 bits per heavy atom. The molecule has 0 radical (unpaired) electrons. The molecular formula is C21H16S. The summed E-state index contributed by atoms with van der Waals surface area (Å²) in [4.78, 5) is 3.07. The average molecular weight is 300 g/mol. The number of hydrogen-bond acceptors (Lipinski definition) is 1. The van der Waals surface area contributed by atoms with Gasteiger partial charge >= 0.3 is 0 Å². The van der Waals surface area contributed by atoms with E-state index >= 15 is 0 Å². The molecule has 2 unspecified atom stereocenters. The lowest BCUT2D eigenvalue weighted by atomic mass is 9.43. The molecule has 0 nitrogen and oxygen atoms in total. The first-order chi connectivity index (χ1) is 10.8. The van der Waals surface area contributed by atoms with Gasteiger partial charge in [-0.3, -0.25) is 0 Å². The number of rotatable bonds is 0. The minimum absolute atomic E-state index is 0.265. The van der Waals surface area contributed by atoms with Gasteiger partial charge in [0, 0.05) is 27.0 Å². The van der Waals surface area contributed by atoms with E-state index in [0.29, 0.717) is 11.8 Å². The molecule has 0 saturated heterocycles. The van der Waals surface area contributed by atoms with Gasteiger partial charge in [-0.1, -0.05) is 48.5 Å². The zero-order valence-electron chi connectivity index (χ0n) is 12.7. The predicted octanol–water partition coefficient (Wildman–Crippen LogP) is 5.26. The third-order valence-electron chi connectivity index (χ3n) is 6.28. The van der Waals surface area contributed by atoms with Crippen molar-refractivity contribution in [2.24, 2.45) is 0 Å². The van der Waals surface area contributed by atoms with Crippen molar-refractivity contribution in [3.8, 4) is 0 Å². The summed E-state index contributed by atoms with van der Waals surface area (Å²) in [7, 11) is 0.